The number of para-hydroxylation sites is 1. The first-order chi connectivity index (χ1) is 18.8. The van der Waals surface area contributed by atoms with E-state index in [9.17, 15) is 24.8 Å². The summed E-state index contributed by atoms with van der Waals surface area (Å²) in [7, 11) is 1.55. The van der Waals surface area contributed by atoms with Crippen LogP contribution in [0.15, 0.2) is 93.9 Å². The maximum absolute atomic E-state index is 13.8. The fraction of sp³-hybridized carbons (Fsp3) is 0.107. The lowest BCUT2D eigenvalue weighted by Gasteiger charge is -2.25. The number of aromatic hydroxyl groups is 1. The van der Waals surface area contributed by atoms with Gasteiger partial charge in [0.2, 0.25) is 0 Å². The molecule has 1 aromatic heterocycles. The number of allylic oxidation sites excluding steroid dienone is 1. The predicted molar refractivity (Wildman–Crippen MR) is 147 cm³/mol. The van der Waals surface area contributed by atoms with Crippen LogP contribution in [0.25, 0.3) is 6.08 Å². The van der Waals surface area contributed by atoms with E-state index < -0.39 is 22.4 Å². The molecule has 3 aromatic carbocycles. The van der Waals surface area contributed by atoms with Crippen LogP contribution in [0.2, 0.25) is 0 Å². The van der Waals surface area contributed by atoms with Crippen molar-refractivity contribution in [3.05, 3.63) is 125 Å². The van der Waals surface area contributed by atoms with E-state index >= 15 is 0 Å². The number of anilines is 1. The Bertz CT molecular complexity index is 1810. The van der Waals surface area contributed by atoms with Crippen LogP contribution in [0, 0.1) is 10.1 Å². The van der Waals surface area contributed by atoms with Gasteiger partial charge in [-0.3, -0.25) is 24.3 Å². The molecule has 0 saturated carbocycles. The molecule has 2 heterocycles. The van der Waals surface area contributed by atoms with Gasteiger partial charge in [-0.05, 0) is 48.9 Å². The summed E-state index contributed by atoms with van der Waals surface area (Å²) in [5.74, 6) is -0.00517. The second-order valence-corrected chi connectivity index (χ2v) is 9.68. The zero-order valence-corrected chi connectivity index (χ0v) is 21.6. The number of hydrogen-bond donors (Lipinski definition) is 2. The highest BCUT2D eigenvalue weighted by atomic mass is 32.1. The number of carbonyl (C=O) groups is 1. The lowest BCUT2D eigenvalue weighted by atomic mass is 9.95. The monoisotopic (exact) mass is 542 g/mol. The van der Waals surface area contributed by atoms with Crippen molar-refractivity contribution in [3.8, 4) is 11.5 Å². The smallest absolute Gasteiger partial charge is 0.271 e. The van der Waals surface area contributed by atoms with Crippen LogP contribution in [0.3, 0.4) is 0 Å². The number of amides is 1. The minimum absolute atomic E-state index is 0.119. The predicted octanol–water partition coefficient (Wildman–Crippen LogP) is 3.50. The Balaban J connectivity index is 1.68. The summed E-state index contributed by atoms with van der Waals surface area (Å²) >= 11 is 1.06. The van der Waals surface area contributed by atoms with Crippen LogP contribution in [0.5, 0.6) is 11.5 Å². The molecular weight excluding hydrogens is 520 g/mol. The number of phenolic OH excluding ortho intramolecular Hbond substituents is 1. The third-order valence-corrected chi connectivity index (χ3v) is 7.22. The zero-order chi connectivity index (χ0) is 27.7. The van der Waals surface area contributed by atoms with Gasteiger partial charge in [-0.2, -0.15) is 0 Å². The number of phenols is 1. The lowest BCUT2D eigenvalue weighted by Crippen LogP contribution is -2.40. The first-order valence-corrected chi connectivity index (χ1v) is 12.6. The second kappa shape index (κ2) is 10.4. The molecule has 1 atom stereocenters. The highest BCUT2D eigenvalue weighted by Gasteiger charge is 2.32. The van der Waals surface area contributed by atoms with E-state index in [1.54, 1.807) is 62.6 Å². The van der Waals surface area contributed by atoms with E-state index in [0.717, 1.165) is 11.3 Å². The Morgan fingerprint density at radius 1 is 1.15 bits per heavy atom. The average molecular weight is 543 g/mol. The van der Waals surface area contributed by atoms with E-state index in [1.165, 1.54) is 28.8 Å². The highest BCUT2D eigenvalue weighted by Crippen LogP contribution is 2.32. The maximum atomic E-state index is 13.8. The summed E-state index contributed by atoms with van der Waals surface area (Å²) in [4.78, 5) is 42.9. The molecule has 4 aromatic rings. The molecule has 1 aliphatic rings. The normalized spacial score (nSPS) is 14.9. The number of fused-ring (bicyclic) bond motifs is 1. The van der Waals surface area contributed by atoms with Crippen molar-refractivity contribution in [2.75, 3.05) is 12.4 Å². The van der Waals surface area contributed by atoms with Crippen molar-refractivity contribution < 1.29 is 19.6 Å². The van der Waals surface area contributed by atoms with Gasteiger partial charge < -0.3 is 15.2 Å². The second-order valence-electron chi connectivity index (χ2n) is 8.68. The SMILES string of the molecule is COc1ccc([C@@H]2C(C(=O)Nc3ccccc3)=C(C)N=c3s/c(=C/c4cc([N+](=O)[O-])ccc4O)c(=O)n32)cc1. The molecule has 5 rings (SSSR count). The molecule has 0 unspecified atom stereocenters. The largest absolute Gasteiger partial charge is 0.507 e. The lowest BCUT2D eigenvalue weighted by molar-refractivity contribution is -0.384. The molecule has 1 amide bonds. The zero-order valence-electron chi connectivity index (χ0n) is 20.8. The third kappa shape index (κ3) is 4.94. The summed E-state index contributed by atoms with van der Waals surface area (Å²) in [6, 6.07) is 18.8. The Morgan fingerprint density at radius 3 is 2.54 bits per heavy atom. The first kappa shape index (κ1) is 25.6. The number of aromatic nitrogens is 1. The summed E-state index contributed by atoms with van der Waals surface area (Å²) in [6.45, 7) is 1.71. The minimum Gasteiger partial charge on any atom is -0.507 e. The van der Waals surface area contributed by atoms with Gasteiger partial charge in [-0.15, -0.1) is 0 Å². The van der Waals surface area contributed by atoms with Crippen LogP contribution in [0.4, 0.5) is 11.4 Å². The molecule has 0 bridgehead atoms. The summed E-state index contributed by atoms with van der Waals surface area (Å²) in [5.41, 5.74) is 1.43. The number of thiazole rings is 1. The van der Waals surface area contributed by atoms with Crippen molar-refractivity contribution >= 4 is 34.7 Å². The number of benzene rings is 3. The Morgan fingerprint density at radius 2 is 1.87 bits per heavy atom. The van der Waals surface area contributed by atoms with Gasteiger partial charge in [0.25, 0.3) is 17.2 Å². The molecule has 0 saturated heterocycles. The molecule has 11 heteroatoms. The van der Waals surface area contributed by atoms with Crippen LogP contribution in [-0.4, -0.2) is 27.6 Å². The van der Waals surface area contributed by atoms with Crippen LogP contribution in [-0.2, 0) is 4.79 Å². The summed E-state index contributed by atoms with van der Waals surface area (Å²) in [5, 5.41) is 24.4. The van der Waals surface area contributed by atoms with Gasteiger partial charge in [0.05, 0.1) is 33.9 Å². The van der Waals surface area contributed by atoms with E-state index in [2.05, 4.69) is 10.3 Å². The molecule has 1 aliphatic heterocycles. The number of methoxy groups -OCH3 is 1. The quantitative estimate of drug-likeness (QED) is 0.283. The molecule has 0 spiro atoms. The standard InChI is InChI=1S/C28H22N4O6S/c1-16-24(26(34)30-19-6-4-3-5-7-19)25(17-8-11-21(38-2)12-9-17)31-27(35)23(39-28(31)29-16)15-18-14-20(32(36)37)10-13-22(18)33/h3-15,25,33H,1-2H3,(H,30,34)/b23-15+/t25-/m1/s1. The number of non-ortho nitro benzene ring substituents is 1. The number of carbonyl (C=O) groups excluding carboxylic acids is 1. The molecule has 2 N–H and O–H groups in total. The summed E-state index contributed by atoms with van der Waals surface area (Å²) in [6.07, 6.45) is 1.39. The number of nitro benzene ring substituents is 1. The highest BCUT2D eigenvalue weighted by molar-refractivity contribution is 7.07. The van der Waals surface area contributed by atoms with Gasteiger partial charge in [0.15, 0.2) is 4.80 Å². The molecule has 0 radical (unpaired) electrons. The van der Waals surface area contributed by atoms with Crippen molar-refractivity contribution in [1.29, 1.82) is 0 Å². The minimum atomic E-state index is -0.809. The van der Waals surface area contributed by atoms with Crippen molar-refractivity contribution in [3.63, 3.8) is 0 Å². The van der Waals surface area contributed by atoms with Gasteiger partial charge in [0, 0.05) is 23.4 Å². The van der Waals surface area contributed by atoms with Gasteiger partial charge in [-0.1, -0.05) is 41.7 Å². The third-order valence-electron chi connectivity index (χ3n) is 6.24. The topological polar surface area (TPSA) is 136 Å². The van der Waals surface area contributed by atoms with Gasteiger partial charge in [-0.25, -0.2) is 4.99 Å². The Labute approximate surface area is 225 Å². The van der Waals surface area contributed by atoms with E-state index in [-0.39, 0.29) is 21.5 Å². The fourth-order valence-corrected chi connectivity index (χ4v) is 5.38. The number of rotatable bonds is 6. The number of hydrogen-bond acceptors (Lipinski definition) is 8. The van der Waals surface area contributed by atoms with E-state index in [1.807, 2.05) is 6.07 Å². The summed E-state index contributed by atoms with van der Waals surface area (Å²) < 4.78 is 6.90. The van der Waals surface area contributed by atoms with Gasteiger partial charge >= 0.3 is 0 Å². The number of nitro groups is 1. The molecule has 0 aliphatic carbocycles. The maximum Gasteiger partial charge on any atom is 0.271 e. The first-order valence-electron chi connectivity index (χ1n) is 11.8. The molecule has 196 valence electrons. The van der Waals surface area contributed by atoms with Crippen LogP contribution >= 0.6 is 11.3 Å². The fourth-order valence-electron chi connectivity index (χ4n) is 4.35. The Kier molecular flexibility index (Phi) is 6.82. The van der Waals surface area contributed by atoms with Crippen molar-refractivity contribution in [1.82, 2.24) is 4.57 Å². The molecule has 10 nitrogen and oxygen atoms in total. The number of nitrogens with zero attached hydrogens (tertiary/aromatic N) is 3. The average Bonchev–Trinajstić information content (AvgIpc) is 3.23. The number of nitrogens with one attached hydrogen (secondary N) is 1. The Hall–Kier alpha value is -5.03. The van der Waals surface area contributed by atoms with E-state index in [4.69, 9.17) is 4.74 Å². The van der Waals surface area contributed by atoms with Crippen LogP contribution in [0.1, 0.15) is 24.1 Å². The molecule has 39 heavy (non-hydrogen) atoms. The molecular formula is C28H22N4O6S. The molecule has 0 fully saturated rings. The van der Waals surface area contributed by atoms with E-state index in [0.29, 0.717) is 33.1 Å². The van der Waals surface area contributed by atoms with Crippen molar-refractivity contribution in [2.45, 2.75) is 13.0 Å². The van der Waals surface area contributed by atoms with Gasteiger partial charge in [0.1, 0.15) is 11.5 Å². The van der Waals surface area contributed by atoms with Crippen LogP contribution < -0.4 is 24.9 Å². The number of ether oxygens (including phenoxy) is 1. The van der Waals surface area contributed by atoms with Crippen molar-refractivity contribution in [2.24, 2.45) is 4.99 Å².